The van der Waals surface area contributed by atoms with E-state index in [-0.39, 0.29) is 0 Å². The van der Waals surface area contributed by atoms with Gasteiger partial charge in [0.1, 0.15) is 12.7 Å². The van der Waals surface area contributed by atoms with Gasteiger partial charge >= 0.3 is 5.69 Å². The lowest BCUT2D eigenvalue weighted by molar-refractivity contribution is 0.685. The van der Waals surface area contributed by atoms with Gasteiger partial charge in [0.25, 0.3) is 0 Å². The summed E-state index contributed by atoms with van der Waals surface area (Å²) in [6, 6.07) is 7.26. The van der Waals surface area contributed by atoms with Gasteiger partial charge < -0.3 is 0 Å². The molecule has 1 aromatic carbocycles. The second kappa shape index (κ2) is 3.66. The predicted octanol–water partition coefficient (Wildman–Crippen LogP) is 1.81. The number of hydrogen-bond donors (Lipinski definition) is 0. The summed E-state index contributed by atoms with van der Waals surface area (Å²) in [5, 5.41) is 12.5. The van der Waals surface area contributed by atoms with Crippen LogP contribution in [0.2, 0.25) is 0 Å². The maximum Gasteiger partial charge on any atom is 0.385 e. The van der Waals surface area contributed by atoms with Gasteiger partial charge in [-0.2, -0.15) is 5.10 Å². The zero-order chi connectivity index (χ0) is 9.80. The molecule has 68 valence electrons. The van der Waals surface area contributed by atoms with Crippen LogP contribution in [0.25, 0.3) is 4.98 Å². The Bertz CT molecular complexity index is 437. The molecule has 14 heavy (non-hydrogen) atoms. The first-order valence-electron chi connectivity index (χ1n) is 4.15. The van der Waals surface area contributed by atoms with Gasteiger partial charge in [-0.1, -0.05) is 0 Å². The number of rotatable bonds is 2. The van der Waals surface area contributed by atoms with Crippen LogP contribution in [0.15, 0.2) is 36.9 Å². The number of nitrogens with zero attached hydrogens (tertiary/aromatic N) is 5. The molecule has 0 radical (unpaired) electrons. The molecule has 0 fully saturated rings. The Morgan fingerprint density at radius 1 is 1.29 bits per heavy atom. The summed E-state index contributed by atoms with van der Waals surface area (Å²) in [5.41, 5.74) is 1.63. The van der Waals surface area contributed by atoms with Gasteiger partial charge in [0, 0.05) is 12.1 Å². The lowest BCUT2D eigenvalue weighted by Crippen LogP contribution is -1.99. The molecule has 0 unspecified atom stereocenters. The Kier molecular flexibility index (Phi) is 2.19. The molecule has 0 aliphatic carbocycles. The Morgan fingerprint density at radius 3 is 2.64 bits per heavy atom. The number of hydrogen-bond acceptors (Lipinski definition) is 3. The van der Waals surface area contributed by atoms with Crippen molar-refractivity contribution in [2.75, 3.05) is 0 Å². The second-order valence-corrected chi connectivity index (χ2v) is 2.86. The molecule has 0 atom stereocenters. The van der Waals surface area contributed by atoms with E-state index in [9.17, 15) is 0 Å². The van der Waals surface area contributed by atoms with Crippen LogP contribution in [-0.2, 0) is 6.54 Å². The Morgan fingerprint density at radius 2 is 2.07 bits per heavy atom. The third kappa shape index (κ3) is 1.75. The molecule has 2 rings (SSSR count). The summed E-state index contributed by atoms with van der Waals surface area (Å²) >= 11 is 0. The molecule has 5 nitrogen and oxygen atoms in total. The van der Waals surface area contributed by atoms with Gasteiger partial charge in [-0.3, -0.25) is 0 Å². The monoisotopic (exact) mass is 186 g/mol. The van der Waals surface area contributed by atoms with Crippen molar-refractivity contribution in [3.05, 3.63) is 47.5 Å². The highest BCUT2D eigenvalue weighted by atomic mass is 15.3. The lowest BCUT2D eigenvalue weighted by Gasteiger charge is -1.98. The van der Waals surface area contributed by atoms with Crippen molar-refractivity contribution in [3.63, 3.8) is 0 Å². The van der Waals surface area contributed by atoms with Crippen LogP contribution in [-0.4, -0.2) is 14.8 Å². The van der Waals surface area contributed by atoms with Crippen LogP contribution in [0.3, 0.4) is 0 Å². The predicted molar refractivity (Wildman–Crippen MR) is 50.3 cm³/mol. The van der Waals surface area contributed by atoms with Crippen molar-refractivity contribution in [2.45, 2.75) is 6.54 Å². The quantitative estimate of drug-likeness (QED) is 0.672. The minimum atomic E-state index is 0.548. The summed E-state index contributed by atoms with van der Waals surface area (Å²) in [6.07, 6.45) is 3.15. The summed E-state index contributed by atoms with van der Waals surface area (Å²) in [7, 11) is 0. The summed E-state index contributed by atoms with van der Waals surface area (Å²) in [6.45, 7) is 0.672. The van der Waals surface area contributed by atoms with E-state index < -0.39 is 0 Å². The molecule has 0 spiro atoms. The summed E-state index contributed by atoms with van der Waals surface area (Å²) in [4.78, 5) is 6.92. The van der Waals surface area contributed by atoms with E-state index >= 15 is 0 Å². The first kappa shape index (κ1) is 8.38. The van der Waals surface area contributed by atoms with Crippen molar-refractivity contribution in [2.24, 2.45) is 0 Å². The topological polar surface area (TPSA) is 58.9 Å². The third-order valence-electron chi connectivity index (χ3n) is 1.86. The minimum absolute atomic E-state index is 0.548. The first-order valence-corrected chi connectivity index (χ1v) is 4.15. The van der Waals surface area contributed by atoms with Crippen molar-refractivity contribution in [1.29, 1.82) is 5.39 Å². The maximum absolute atomic E-state index is 8.48. The molecule has 0 amide bonds. The van der Waals surface area contributed by atoms with E-state index in [0.717, 1.165) is 5.56 Å². The van der Waals surface area contributed by atoms with Gasteiger partial charge in [-0.15, -0.1) is 0 Å². The summed E-state index contributed by atoms with van der Waals surface area (Å²) in [5.74, 6) is 0. The molecular weight excluding hydrogens is 178 g/mol. The molecule has 0 aliphatic rings. The van der Waals surface area contributed by atoms with E-state index in [1.54, 1.807) is 23.1 Å². The fourth-order valence-corrected chi connectivity index (χ4v) is 1.17. The van der Waals surface area contributed by atoms with Crippen LogP contribution >= 0.6 is 0 Å². The molecule has 0 bridgehead atoms. The van der Waals surface area contributed by atoms with E-state index in [2.05, 4.69) is 15.1 Å². The number of aromatic nitrogens is 3. The van der Waals surface area contributed by atoms with Crippen molar-refractivity contribution in [1.82, 2.24) is 14.8 Å². The normalized spacial score (nSPS) is 9.64. The zero-order valence-electron chi connectivity index (χ0n) is 7.41. The molecule has 1 aromatic heterocycles. The smallest absolute Gasteiger partial charge is 0.249 e. The van der Waals surface area contributed by atoms with E-state index in [1.807, 2.05) is 12.1 Å². The number of diazo groups is 1. The van der Waals surface area contributed by atoms with Gasteiger partial charge in [0.2, 0.25) is 5.39 Å². The summed E-state index contributed by atoms with van der Waals surface area (Å²) < 4.78 is 1.73. The largest absolute Gasteiger partial charge is 0.385 e. The van der Waals surface area contributed by atoms with Crippen LogP contribution < -0.4 is 0 Å². The standard InChI is InChI=1S/C9H8N5/c10-13-9-3-1-8(2-4-9)5-14-7-11-6-12-14/h1-4,6-7H,5H2/q+1. The molecule has 0 N–H and O–H groups in total. The van der Waals surface area contributed by atoms with Crippen molar-refractivity contribution < 1.29 is 0 Å². The molecule has 5 heteroatoms. The van der Waals surface area contributed by atoms with E-state index in [0.29, 0.717) is 12.2 Å². The molecule has 2 aromatic rings. The zero-order valence-corrected chi connectivity index (χ0v) is 7.41. The minimum Gasteiger partial charge on any atom is -0.249 e. The van der Waals surface area contributed by atoms with Crippen LogP contribution in [0, 0.1) is 5.39 Å². The molecule has 0 aliphatic heterocycles. The van der Waals surface area contributed by atoms with Gasteiger partial charge in [-0.25, -0.2) is 9.67 Å². The Balaban J connectivity index is 2.15. The highest BCUT2D eigenvalue weighted by Crippen LogP contribution is 2.12. The highest BCUT2D eigenvalue weighted by molar-refractivity contribution is 5.44. The fraction of sp³-hybridized carbons (Fsp3) is 0.111. The van der Waals surface area contributed by atoms with Gasteiger partial charge in [-0.05, 0) is 17.7 Å². The van der Waals surface area contributed by atoms with Crippen LogP contribution in [0.4, 0.5) is 5.69 Å². The van der Waals surface area contributed by atoms with Crippen molar-refractivity contribution in [3.8, 4) is 0 Å². The average Bonchev–Trinajstić information content (AvgIpc) is 2.72. The van der Waals surface area contributed by atoms with Crippen LogP contribution in [0.5, 0.6) is 0 Å². The molecular formula is C9H8N5+. The Hall–Kier alpha value is -2.22. The Labute approximate surface area is 80.6 Å². The highest BCUT2D eigenvalue weighted by Gasteiger charge is 2.02. The van der Waals surface area contributed by atoms with E-state index in [4.69, 9.17) is 5.39 Å². The molecule has 0 saturated carbocycles. The third-order valence-corrected chi connectivity index (χ3v) is 1.86. The SMILES string of the molecule is N#[N+]c1ccc(Cn2cncn2)cc1. The van der Waals surface area contributed by atoms with Crippen LogP contribution in [0.1, 0.15) is 5.56 Å². The number of benzene rings is 1. The molecule has 0 saturated heterocycles. The lowest BCUT2D eigenvalue weighted by atomic mass is 10.2. The molecule has 1 heterocycles. The van der Waals surface area contributed by atoms with Gasteiger partial charge in [0.15, 0.2) is 4.98 Å². The average molecular weight is 186 g/mol. The van der Waals surface area contributed by atoms with E-state index in [1.165, 1.54) is 6.33 Å². The maximum atomic E-state index is 8.48. The van der Waals surface area contributed by atoms with Gasteiger partial charge in [0.05, 0.1) is 6.54 Å². The van der Waals surface area contributed by atoms with Crippen molar-refractivity contribution >= 4 is 5.69 Å². The second-order valence-electron chi connectivity index (χ2n) is 2.86. The first-order chi connectivity index (χ1) is 6.88. The fourth-order valence-electron chi connectivity index (χ4n) is 1.17.